The summed E-state index contributed by atoms with van der Waals surface area (Å²) in [6, 6.07) is 18.7. The molecule has 3 aromatic heterocycles. The van der Waals surface area contributed by atoms with E-state index >= 15 is 0 Å². The Kier molecular flexibility index (Phi) is 6.57. The number of carbonyl (C=O) groups excluding carboxylic acids is 2. The summed E-state index contributed by atoms with van der Waals surface area (Å²) in [6.45, 7) is 0.00496. The van der Waals surface area contributed by atoms with Gasteiger partial charge in [-0.2, -0.15) is 0 Å². The van der Waals surface area contributed by atoms with Crippen molar-refractivity contribution >= 4 is 22.8 Å². The highest BCUT2D eigenvalue weighted by Crippen LogP contribution is 2.25. The maximum absolute atomic E-state index is 13.7. The van der Waals surface area contributed by atoms with Crippen molar-refractivity contribution < 1.29 is 22.8 Å². The molecule has 5 rings (SSSR count). The molecule has 36 heavy (non-hydrogen) atoms. The topological polar surface area (TPSA) is 106 Å². The Hall–Kier alpha value is -4.73. The predicted octanol–water partition coefficient (Wildman–Crippen LogP) is 3.84. The molecule has 0 aliphatic rings. The van der Waals surface area contributed by atoms with Gasteiger partial charge in [-0.05, 0) is 54.1 Å². The Balaban J connectivity index is 1.47. The zero-order chi connectivity index (χ0) is 24.9. The molecule has 10 heteroatoms. The summed E-state index contributed by atoms with van der Waals surface area (Å²) >= 11 is 0. The Morgan fingerprint density at radius 3 is 2.50 bits per heavy atom. The van der Waals surface area contributed by atoms with Gasteiger partial charge in [0.15, 0.2) is 6.04 Å². The van der Waals surface area contributed by atoms with Crippen LogP contribution in [0.15, 0.2) is 94.2 Å². The lowest BCUT2D eigenvalue weighted by atomic mass is 10.1. The second-order valence-electron chi connectivity index (χ2n) is 8.10. The van der Waals surface area contributed by atoms with E-state index < -0.39 is 23.7 Å². The Morgan fingerprint density at radius 2 is 1.75 bits per heavy atom. The maximum atomic E-state index is 13.7. The normalized spacial score (nSPS) is 11.9. The lowest BCUT2D eigenvalue weighted by molar-refractivity contribution is -0.143. The molecular formula is C26H22FN5O4. The van der Waals surface area contributed by atoms with Gasteiger partial charge in [-0.1, -0.05) is 29.5 Å². The first-order valence-corrected chi connectivity index (χ1v) is 11.2. The van der Waals surface area contributed by atoms with Crippen LogP contribution in [0.25, 0.3) is 11.0 Å². The minimum atomic E-state index is -1.10. The molecule has 2 aromatic carbocycles. The first-order chi connectivity index (χ1) is 17.6. The van der Waals surface area contributed by atoms with Gasteiger partial charge in [0.05, 0.1) is 24.6 Å². The van der Waals surface area contributed by atoms with Crippen LogP contribution >= 0.6 is 0 Å². The zero-order valence-corrected chi connectivity index (χ0v) is 19.1. The monoisotopic (exact) mass is 487 g/mol. The van der Waals surface area contributed by atoms with Crippen molar-refractivity contribution in [3.8, 4) is 0 Å². The van der Waals surface area contributed by atoms with Crippen LogP contribution in [0.4, 0.5) is 4.39 Å². The minimum Gasteiger partial charge on any atom is -0.467 e. The van der Waals surface area contributed by atoms with E-state index in [4.69, 9.17) is 8.83 Å². The number of carbonyl (C=O) groups is 2. The number of hydrogen-bond acceptors (Lipinski definition) is 6. The third kappa shape index (κ3) is 5.02. The number of para-hydroxylation sites is 1. The molecule has 0 aliphatic heterocycles. The van der Waals surface area contributed by atoms with Crippen molar-refractivity contribution in [3.05, 3.63) is 108 Å². The van der Waals surface area contributed by atoms with E-state index in [0.29, 0.717) is 22.4 Å². The lowest BCUT2D eigenvalue weighted by Crippen LogP contribution is -2.44. The Labute approximate surface area is 205 Å². The van der Waals surface area contributed by atoms with Crippen LogP contribution in [0.2, 0.25) is 0 Å². The molecule has 0 saturated heterocycles. The summed E-state index contributed by atoms with van der Waals surface area (Å²) in [5, 5.41) is 11.0. The summed E-state index contributed by atoms with van der Waals surface area (Å²) in [5.41, 5.74) is 1.97. The Morgan fingerprint density at radius 1 is 0.972 bits per heavy atom. The molecule has 2 amide bonds. The van der Waals surface area contributed by atoms with Crippen molar-refractivity contribution in [2.45, 2.75) is 25.7 Å². The van der Waals surface area contributed by atoms with Crippen LogP contribution < -0.4 is 5.32 Å². The maximum Gasteiger partial charge on any atom is 0.251 e. The third-order valence-corrected chi connectivity index (χ3v) is 5.68. The van der Waals surface area contributed by atoms with Crippen LogP contribution in [-0.4, -0.2) is 31.7 Å². The van der Waals surface area contributed by atoms with Gasteiger partial charge < -0.3 is 19.1 Å². The van der Waals surface area contributed by atoms with E-state index in [9.17, 15) is 14.0 Å². The first-order valence-electron chi connectivity index (χ1n) is 11.2. The van der Waals surface area contributed by atoms with Crippen molar-refractivity contribution in [1.29, 1.82) is 0 Å². The molecule has 0 bridgehead atoms. The molecular weight excluding hydrogens is 465 g/mol. The summed E-state index contributed by atoms with van der Waals surface area (Å²) in [7, 11) is 0. The molecule has 0 aliphatic carbocycles. The minimum absolute atomic E-state index is 0.0330. The highest BCUT2D eigenvalue weighted by molar-refractivity contribution is 5.88. The summed E-state index contributed by atoms with van der Waals surface area (Å²) in [6.07, 6.45) is 2.95. The van der Waals surface area contributed by atoms with Crippen LogP contribution in [0.1, 0.15) is 23.1 Å². The predicted molar refractivity (Wildman–Crippen MR) is 126 cm³/mol. The van der Waals surface area contributed by atoms with Crippen molar-refractivity contribution in [2.75, 3.05) is 0 Å². The standard InChI is InChI=1S/C26H22FN5O4/c27-19-11-9-18(10-12-19)16-31(24(33)17-32-22-7-2-1-6-21(22)29-30-32)25(23-8-4-14-36-23)26(34)28-15-20-5-3-13-35-20/h1-14,25H,15-17H2,(H,28,34)/t25-/m0/s1. The summed E-state index contributed by atoms with van der Waals surface area (Å²) < 4.78 is 25.9. The molecule has 182 valence electrons. The van der Waals surface area contributed by atoms with Gasteiger partial charge in [0, 0.05) is 6.54 Å². The fourth-order valence-electron chi connectivity index (χ4n) is 3.92. The molecule has 0 radical (unpaired) electrons. The van der Waals surface area contributed by atoms with Crippen LogP contribution in [-0.2, 0) is 29.2 Å². The molecule has 0 fully saturated rings. The number of nitrogens with zero attached hydrogens (tertiary/aromatic N) is 4. The van der Waals surface area contributed by atoms with Gasteiger partial charge in [0.25, 0.3) is 5.91 Å². The van der Waals surface area contributed by atoms with Crippen molar-refractivity contribution in [1.82, 2.24) is 25.2 Å². The first kappa shape index (κ1) is 23.0. The summed E-state index contributed by atoms with van der Waals surface area (Å²) in [5.74, 6) is -0.410. The van der Waals surface area contributed by atoms with Gasteiger partial charge in [-0.3, -0.25) is 9.59 Å². The number of hydrogen-bond donors (Lipinski definition) is 1. The van der Waals surface area contributed by atoms with Crippen molar-refractivity contribution in [2.24, 2.45) is 0 Å². The number of rotatable bonds is 9. The van der Waals surface area contributed by atoms with E-state index in [1.54, 1.807) is 42.5 Å². The van der Waals surface area contributed by atoms with Crippen molar-refractivity contribution in [3.63, 3.8) is 0 Å². The zero-order valence-electron chi connectivity index (χ0n) is 19.1. The molecule has 3 heterocycles. The van der Waals surface area contributed by atoms with Gasteiger partial charge in [0.1, 0.15) is 29.4 Å². The molecule has 0 spiro atoms. The van der Waals surface area contributed by atoms with Gasteiger partial charge >= 0.3 is 0 Å². The molecule has 1 atom stereocenters. The highest BCUT2D eigenvalue weighted by Gasteiger charge is 2.34. The average Bonchev–Trinajstić information content (AvgIpc) is 3.67. The van der Waals surface area contributed by atoms with Gasteiger partial charge in [-0.15, -0.1) is 5.10 Å². The second-order valence-corrected chi connectivity index (χ2v) is 8.10. The Bertz CT molecular complexity index is 1450. The van der Waals surface area contributed by atoms with E-state index in [0.717, 1.165) is 0 Å². The van der Waals surface area contributed by atoms with Crippen LogP contribution in [0.5, 0.6) is 0 Å². The van der Waals surface area contributed by atoms with E-state index in [-0.39, 0.29) is 25.4 Å². The fraction of sp³-hybridized carbons (Fsp3) is 0.154. The lowest BCUT2D eigenvalue weighted by Gasteiger charge is -2.30. The number of halogens is 1. The molecule has 9 nitrogen and oxygen atoms in total. The quantitative estimate of drug-likeness (QED) is 0.339. The second kappa shape index (κ2) is 10.3. The number of nitrogens with one attached hydrogen (secondary N) is 1. The number of fused-ring (bicyclic) bond motifs is 1. The number of benzene rings is 2. The number of amides is 2. The molecule has 5 aromatic rings. The SMILES string of the molecule is O=C(NCc1ccco1)[C@H](c1ccco1)N(Cc1ccc(F)cc1)C(=O)Cn1nnc2ccccc21. The number of furan rings is 2. The number of aromatic nitrogens is 3. The highest BCUT2D eigenvalue weighted by atomic mass is 19.1. The van der Waals surface area contributed by atoms with Gasteiger partial charge in [-0.25, -0.2) is 9.07 Å². The summed E-state index contributed by atoms with van der Waals surface area (Å²) in [4.78, 5) is 28.6. The van der Waals surface area contributed by atoms with E-state index in [1.807, 2.05) is 18.2 Å². The van der Waals surface area contributed by atoms with Gasteiger partial charge in [0.2, 0.25) is 5.91 Å². The third-order valence-electron chi connectivity index (χ3n) is 5.68. The van der Waals surface area contributed by atoms with Crippen LogP contribution in [0, 0.1) is 5.82 Å². The smallest absolute Gasteiger partial charge is 0.251 e. The van der Waals surface area contributed by atoms with E-state index in [1.165, 1.54) is 34.2 Å². The largest absolute Gasteiger partial charge is 0.467 e. The van der Waals surface area contributed by atoms with E-state index in [2.05, 4.69) is 15.6 Å². The average molecular weight is 487 g/mol. The molecule has 0 saturated carbocycles. The fourth-order valence-corrected chi connectivity index (χ4v) is 3.92. The molecule has 0 unspecified atom stereocenters. The van der Waals surface area contributed by atoms with Crippen LogP contribution in [0.3, 0.4) is 0 Å². The molecule has 1 N–H and O–H groups in total.